The van der Waals surface area contributed by atoms with Crippen LogP contribution >= 0.6 is 0 Å². The molecule has 0 bridgehead atoms. The maximum atomic E-state index is 14.9. The third-order valence-corrected chi connectivity index (χ3v) is 6.82. The van der Waals surface area contributed by atoms with Gasteiger partial charge in [-0.1, -0.05) is 24.3 Å². The maximum Gasteiger partial charge on any atom is 0.259 e. The number of piperidine rings is 1. The first-order valence-electron chi connectivity index (χ1n) is 11.2. The van der Waals surface area contributed by atoms with E-state index in [1.165, 1.54) is 23.3 Å². The van der Waals surface area contributed by atoms with E-state index in [0.29, 0.717) is 24.7 Å². The number of hydrogen-bond donors (Lipinski definition) is 0. The molecular weight excluding hydrogens is 419 g/mol. The van der Waals surface area contributed by atoms with E-state index >= 15 is 0 Å². The van der Waals surface area contributed by atoms with Crippen LogP contribution in [0.1, 0.15) is 22.5 Å². The van der Waals surface area contributed by atoms with Gasteiger partial charge < -0.3 is 9.80 Å². The van der Waals surface area contributed by atoms with Gasteiger partial charge in [-0.3, -0.25) is 9.78 Å². The van der Waals surface area contributed by atoms with Crippen molar-refractivity contribution >= 4 is 22.5 Å². The summed E-state index contributed by atoms with van der Waals surface area (Å²) in [5, 5.41) is 9.31. The number of anilines is 1. The smallest absolute Gasteiger partial charge is 0.259 e. The molecule has 33 heavy (non-hydrogen) atoms. The van der Waals surface area contributed by atoms with Crippen LogP contribution < -0.4 is 4.90 Å². The molecule has 0 radical (unpaired) electrons. The topological polar surface area (TPSA) is 67.2 Å². The van der Waals surface area contributed by atoms with E-state index in [9.17, 15) is 9.18 Å². The molecule has 6 rings (SSSR count). The van der Waals surface area contributed by atoms with Crippen LogP contribution in [0.15, 0.2) is 60.9 Å². The van der Waals surface area contributed by atoms with Crippen LogP contribution in [0.25, 0.3) is 16.6 Å². The summed E-state index contributed by atoms with van der Waals surface area (Å²) >= 11 is 0. The largest absolute Gasteiger partial charge is 0.369 e. The molecule has 2 aliphatic heterocycles. The lowest BCUT2D eigenvalue weighted by Crippen LogP contribution is -2.66. The van der Waals surface area contributed by atoms with E-state index < -0.39 is 5.82 Å². The number of amides is 1. The van der Waals surface area contributed by atoms with Crippen molar-refractivity contribution in [1.29, 1.82) is 0 Å². The summed E-state index contributed by atoms with van der Waals surface area (Å²) in [6, 6.07) is 14.9. The Morgan fingerprint density at radius 1 is 1.03 bits per heavy atom. The van der Waals surface area contributed by atoms with E-state index in [0.717, 1.165) is 35.2 Å². The molecular formula is C25H23FN6O. The Bertz CT molecular complexity index is 1350. The van der Waals surface area contributed by atoms with Crippen LogP contribution in [0.4, 0.5) is 10.1 Å². The number of likely N-dealkylation sites (tertiary alicyclic amines) is 1. The molecule has 2 aromatic heterocycles. The highest BCUT2D eigenvalue weighted by Gasteiger charge is 2.46. The van der Waals surface area contributed by atoms with E-state index in [4.69, 9.17) is 0 Å². The van der Waals surface area contributed by atoms with Crippen molar-refractivity contribution < 1.29 is 9.18 Å². The molecule has 2 saturated heterocycles. The van der Waals surface area contributed by atoms with Gasteiger partial charge >= 0.3 is 0 Å². The van der Waals surface area contributed by atoms with Crippen LogP contribution in [-0.4, -0.2) is 56.5 Å². The van der Waals surface area contributed by atoms with Gasteiger partial charge in [0, 0.05) is 42.3 Å². The fourth-order valence-corrected chi connectivity index (χ4v) is 5.17. The van der Waals surface area contributed by atoms with Crippen LogP contribution in [0.3, 0.4) is 0 Å². The molecule has 7 nitrogen and oxygen atoms in total. The molecule has 166 valence electrons. The Hall–Kier alpha value is -3.81. The normalized spacial score (nSPS) is 19.9. The van der Waals surface area contributed by atoms with Gasteiger partial charge in [0.2, 0.25) is 0 Å². The minimum Gasteiger partial charge on any atom is -0.369 e. The summed E-state index contributed by atoms with van der Waals surface area (Å²) < 4.78 is 14.9. The van der Waals surface area contributed by atoms with Gasteiger partial charge in [-0.15, -0.1) is 0 Å². The number of aromatic nitrogens is 4. The lowest BCUT2D eigenvalue weighted by atomic mass is 9.81. The van der Waals surface area contributed by atoms with Gasteiger partial charge in [-0.2, -0.15) is 15.0 Å². The second kappa shape index (κ2) is 7.65. The number of fused-ring (bicyclic) bond motifs is 2. The molecule has 2 atom stereocenters. The minimum atomic E-state index is -0.554. The van der Waals surface area contributed by atoms with Gasteiger partial charge in [0.1, 0.15) is 17.1 Å². The third-order valence-electron chi connectivity index (χ3n) is 6.82. The molecule has 0 N–H and O–H groups in total. The Morgan fingerprint density at radius 2 is 1.85 bits per heavy atom. The van der Waals surface area contributed by atoms with Crippen molar-refractivity contribution in [2.45, 2.75) is 19.4 Å². The van der Waals surface area contributed by atoms with E-state index in [-0.39, 0.29) is 17.5 Å². The summed E-state index contributed by atoms with van der Waals surface area (Å²) in [5.41, 5.74) is 3.46. The number of carbonyl (C=O) groups is 1. The molecule has 4 heterocycles. The lowest BCUT2D eigenvalue weighted by Gasteiger charge is -2.54. The summed E-state index contributed by atoms with van der Waals surface area (Å²) in [6.45, 7) is 4.30. The van der Waals surface area contributed by atoms with Gasteiger partial charge in [0.15, 0.2) is 0 Å². The van der Waals surface area contributed by atoms with Crippen molar-refractivity contribution in [2.75, 3.05) is 24.5 Å². The van der Waals surface area contributed by atoms with Crippen LogP contribution in [0.5, 0.6) is 0 Å². The first kappa shape index (κ1) is 19.8. The zero-order valence-electron chi connectivity index (χ0n) is 18.2. The highest BCUT2D eigenvalue weighted by molar-refractivity contribution is 5.99. The Morgan fingerprint density at radius 3 is 2.70 bits per heavy atom. The molecule has 1 amide bonds. The SMILES string of the molecule is Cc1cc(N2CC[C@@H]3CN(C(=O)c4c(F)cccc4-n4nccn4)[C@@H]3C2)c2ccccc2n1. The summed E-state index contributed by atoms with van der Waals surface area (Å²) in [7, 11) is 0. The predicted octanol–water partition coefficient (Wildman–Crippen LogP) is 3.61. The lowest BCUT2D eigenvalue weighted by molar-refractivity contribution is 0.00755. The number of aryl methyl sites for hydroxylation is 1. The van der Waals surface area contributed by atoms with Crippen molar-refractivity contribution in [3.63, 3.8) is 0 Å². The van der Waals surface area contributed by atoms with Crippen molar-refractivity contribution in [3.05, 3.63) is 78.0 Å². The van der Waals surface area contributed by atoms with Crippen molar-refractivity contribution in [3.8, 4) is 5.69 Å². The highest BCUT2D eigenvalue weighted by Crippen LogP contribution is 2.38. The number of rotatable bonds is 3. The zero-order chi connectivity index (χ0) is 22.5. The number of benzene rings is 2. The van der Waals surface area contributed by atoms with E-state index in [1.807, 2.05) is 25.1 Å². The number of hydrogen-bond acceptors (Lipinski definition) is 5. The standard InChI is InChI=1S/C25H23FN6O/c1-16-13-22(18-5-2-3-7-20(18)29-16)30-12-9-17-14-31(23(17)15-30)25(33)24-19(26)6-4-8-21(24)32-27-10-11-28-32/h2-8,10-11,13,17,23H,9,12,14-15H2,1H3/t17-,23-/m1/s1. The molecule has 4 aromatic rings. The second-order valence-electron chi connectivity index (χ2n) is 8.77. The maximum absolute atomic E-state index is 14.9. The van der Waals surface area contributed by atoms with E-state index in [2.05, 4.69) is 32.2 Å². The summed E-state index contributed by atoms with van der Waals surface area (Å²) in [6.07, 6.45) is 4.02. The molecule has 2 fully saturated rings. The number of carbonyl (C=O) groups excluding carboxylic acids is 1. The second-order valence-corrected chi connectivity index (χ2v) is 8.77. The zero-order valence-corrected chi connectivity index (χ0v) is 18.2. The first-order valence-corrected chi connectivity index (χ1v) is 11.2. The minimum absolute atomic E-state index is 0.0227. The predicted molar refractivity (Wildman–Crippen MR) is 123 cm³/mol. The van der Waals surface area contributed by atoms with Gasteiger partial charge in [0.25, 0.3) is 5.91 Å². The van der Waals surface area contributed by atoms with Gasteiger partial charge in [-0.25, -0.2) is 4.39 Å². The monoisotopic (exact) mass is 442 g/mol. The van der Waals surface area contributed by atoms with Crippen LogP contribution in [0.2, 0.25) is 0 Å². The van der Waals surface area contributed by atoms with Gasteiger partial charge in [0.05, 0.1) is 24.0 Å². The molecule has 0 aliphatic carbocycles. The Balaban J connectivity index is 1.31. The number of nitrogens with zero attached hydrogens (tertiary/aromatic N) is 6. The first-order chi connectivity index (χ1) is 16.1. The van der Waals surface area contributed by atoms with Crippen molar-refractivity contribution in [2.24, 2.45) is 5.92 Å². The highest BCUT2D eigenvalue weighted by atomic mass is 19.1. The molecule has 0 spiro atoms. The van der Waals surface area contributed by atoms with Crippen molar-refractivity contribution in [1.82, 2.24) is 24.9 Å². The molecule has 8 heteroatoms. The Labute approximate surface area is 190 Å². The number of pyridine rings is 1. The quantitative estimate of drug-likeness (QED) is 0.485. The Kier molecular flexibility index (Phi) is 4.60. The van der Waals surface area contributed by atoms with E-state index in [1.54, 1.807) is 17.0 Å². The molecule has 0 unspecified atom stereocenters. The fraction of sp³-hybridized carbons (Fsp3) is 0.280. The van der Waals surface area contributed by atoms with Gasteiger partial charge in [-0.05, 0) is 37.6 Å². The van der Waals surface area contributed by atoms with Crippen LogP contribution in [-0.2, 0) is 0 Å². The summed E-state index contributed by atoms with van der Waals surface area (Å²) in [4.78, 5) is 23.6. The molecule has 0 saturated carbocycles. The summed E-state index contributed by atoms with van der Waals surface area (Å²) in [5.74, 6) is -0.432. The molecule has 2 aliphatic rings. The number of para-hydroxylation sites is 1. The third kappa shape index (κ3) is 3.25. The average molecular weight is 442 g/mol. The number of halogens is 1. The fourth-order valence-electron chi connectivity index (χ4n) is 5.17. The van der Waals surface area contributed by atoms with Crippen LogP contribution in [0, 0.1) is 18.7 Å². The average Bonchev–Trinajstić information content (AvgIpc) is 3.34. The molecule has 2 aromatic carbocycles.